The van der Waals surface area contributed by atoms with Gasteiger partial charge in [0, 0.05) is 6.54 Å². The number of nitrogens with one attached hydrogen (secondary N) is 2. The Bertz CT molecular complexity index is 486. The second-order valence-electron chi connectivity index (χ2n) is 4.24. The fourth-order valence-electron chi connectivity index (χ4n) is 1.57. The van der Waals surface area contributed by atoms with Crippen molar-refractivity contribution >= 4 is 16.1 Å². The van der Waals surface area contributed by atoms with Crippen LogP contribution in [0.2, 0.25) is 0 Å². The molecule has 2 amide bonds. The molecule has 1 aromatic rings. The molecule has 0 saturated carbocycles. The van der Waals surface area contributed by atoms with Gasteiger partial charge in [0.05, 0.1) is 4.90 Å². The molecule has 0 saturated heterocycles. The Kier molecular flexibility index (Phi) is 6.35. The van der Waals surface area contributed by atoms with Crippen molar-refractivity contribution in [2.75, 3.05) is 6.54 Å². The van der Waals surface area contributed by atoms with Gasteiger partial charge < -0.3 is 5.32 Å². The number of carbonyl (C=O) groups excluding carboxylic acids is 1. The number of carbonyl (C=O) groups is 1. The van der Waals surface area contributed by atoms with Crippen LogP contribution in [-0.4, -0.2) is 21.0 Å². The van der Waals surface area contributed by atoms with E-state index in [2.05, 4.69) is 12.2 Å². The van der Waals surface area contributed by atoms with Crippen LogP contribution in [0.25, 0.3) is 0 Å². The van der Waals surface area contributed by atoms with Gasteiger partial charge in [0.1, 0.15) is 0 Å². The van der Waals surface area contributed by atoms with Crippen LogP contribution in [0.4, 0.5) is 4.79 Å². The molecule has 0 atom stereocenters. The molecule has 0 aliphatic heterocycles. The Balaban J connectivity index is 2.40. The van der Waals surface area contributed by atoms with Crippen molar-refractivity contribution in [3.63, 3.8) is 0 Å². The topological polar surface area (TPSA) is 75.3 Å². The van der Waals surface area contributed by atoms with Gasteiger partial charge >= 0.3 is 6.03 Å². The zero-order valence-electron chi connectivity index (χ0n) is 11.1. The summed E-state index contributed by atoms with van der Waals surface area (Å²) in [6.07, 6.45) is 4.12. The lowest BCUT2D eigenvalue weighted by atomic mass is 10.2. The highest BCUT2D eigenvalue weighted by molar-refractivity contribution is 7.90. The molecule has 0 unspecified atom stereocenters. The maximum Gasteiger partial charge on any atom is 0.328 e. The van der Waals surface area contributed by atoms with Crippen molar-refractivity contribution in [3.8, 4) is 0 Å². The predicted octanol–water partition coefficient (Wildman–Crippen LogP) is 2.25. The molecule has 0 heterocycles. The normalized spacial score (nSPS) is 11.0. The van der Waals surface area contributed by atoms with Crippen LogP contribution in [0.15, 0.2) is 35.2 Å². The van der Waals surface area contributed by atoms with Gasteiger partial charge in [-0.25, -0.2) is 17.9 Å². The van der Waals surface area contributed by atoms with Crippen LogP contribution in [0.3, 0.4) is 0 Å². The molecule has 6 heteroatoms. The monoisotopic (exact) mass is 284 g/mol. The maximum absolute atomic E-state index is 11.8. The van der Waals surface area contributed by atoms with Crippen molar-refractivity contribution in [3.05, 3.63) is 30.3 Å². The molecule has 106 valence electrons. The van der Waals surface area contributed by atoms with Crippen molar-refractivity contribution in [2.24, 2.45) is 0 Å². The minimum absolute atomic E-state index is 0.0798. The summed E-state index contributed by atoms with van der Waals surface area (Å²) in [7, 11) is -3.77. The summed E-state index contributed by atoms with van der Waals surface area (Å²) < 4.78 is 25.6. The quantitative estimate of drug-likeness (QED) is 0.754. The lowest BCUT2D eigenvalue weighted by molar-refractivity contribution is 0.245. The van der Waals surface area contributed by atoms with E-state index < -0.39 is 16.1 Å². The molecule has 0 aliphatic rings. The standard InChI is InChI=1S/C13H20N2O3S/c1-2-3-4-8-11-14-13(16)15-19(17,18)12-9-6-5-7-10-12/h5-7,9-10H,2-4,8,11H2,1H3,(H2,14,15,16). The summed E-state index contributed by atoms with van der Waals surface area (Å²) in [6, 6.07) is 7.13. The second kappa shape index (κ2) is 7.78. The van der Waals surface area contributed by atoms with E-state index in [1.807, 2.05) is 4.72 Å². The molecule has 0 bridgehead atoms. The minimum Gasteiger partial charge on any atom is -0.337 e. The number of hydrogen-bond acceptors (Lipinski definition) is 3. The second-order valence-corrected chi connectivity index (χ2v) is 5.92. The van der Waals surface area contributed by atoms with Crippen LogP contribution in [0, 0.1) is 0 Å². The predicted molar refractivity (Wildman–Crippen MR) is 74.3 cm³/mol. The maximum atomic E-state index is 11.8. The third-order valence-corrected chi connectivity index (χ3v) is 3.94. The first-order valence-corrected chi connectivity index (χ1v) is 7.90. The number of hydrogen-bond donors (Lipinski definition) is 2. The number of benzene rings is 1. The Hall–Kier alpha value is -1.56. The molecule has 1 aromatic carbocycles. The van der Waals surface area contributed by atoms with E-state index in [0.29, 0.717) is 6.54 Å². The van der Waals surface area contributed by atoms with Gasteiger partial charge in [-0.1, -0.05) is 44.4 Å². The van der Waals surface area contributed by atoms with Crippen molar-refractivity contribution < 1.29 is 13.2 Å². The zero-order valence-corrected chi connectivity index (χ0v) is 11.9. The highest BCUT2D eigenvalue weighted by atomic mass is 32.2. The third-order valence-electron chi connectivity index (χ3n) is 2.60. The smallest absolute Gasteiger partial charge is 0.328 e. The van der Waals surface area contributed by atoms with Gasteiger partial charge in [-0.15, -0.1) is 0 Å². The van der Waals surface area contributed by atoms with E-state index in [4.69, 9.17) is 0 Å². The zero-order chi connectivity index (χ0) is 14.1. The number of unbranched alkanes of at least 4 members (excludes halogenated alkanes) is 3. The van der Waals surface area contributed by atoms with Crippen molar-refractivity contribution in [1.29, 1.82) is 0 Å². The first kappa shape index (κ1) is 15.5. The van der Waals surface area contributed by atoms with E-state index in [1.165, 1.54) is 12.1 Å². The minimum atomic E-state index is -3.77. The molecule has 19 heavy (non-hydrogen) atoms. The molecular formula is C13H20N2O3S. The fraction of sp³-hybridized carbons (Fsp3) is 0.462. The molecule has 2 N–H and O–H groups in total. The van der Waals surface area contributed by atoms with Crippen LogP contribution >= 0.6 is 0 Å². The molecule has 0 aliphatic carbocycles. The SMILES string of the molecule is CCCCCCNC(=O)NS(=O)(=O)c1ccccc1. The Morgan fingerprint density at radius 1 is 1.11 bits per heavy atom. The molecule has 0 fully saturated rings. The summed E-state index contributed by atoms with van der Waals surface area (Å²) in [6.45, 7) is 2.59. The van der Waals surface area contributed by atoms with Crippen LogP contribution < -0.4 is 10.0 Å². The van der Waals surface area contributed by atoms with E-state index in [0.717, 1.165) is 25.7 Å². The van der Waals surface area contributed by atoms with Crippen molar-refractivity contribution in [1.82, 2.24) is 10.0 Å². The van der Waals surface area contributed by atoms with Gasteiger partial charge in [-0.2, -0.15) is 0 Å². The summed E-state index contributed by atoms with van der Waals surface area (Å²) >= 11 is 0. The summed E-state index contributed by atoms with van der Waals surface area (Å²) in [5.74, 6) is 0. The van der Waals surface area contributed by atoms with E-state index in [9.17, 15) is 13.2 Å². The van der Waals surface area contributed by atoms with Crippen LogP contribution in [0.5, 0.6) is 0 Å². The highest BCUT2D eigenvalue weighted by Gasteiger charge is 2.16. The Morgan fingerprint density at radius 2 is 1.79 bits per heavy atom. The van der Waals surface area contributed by atoms with Gasteiger partial charge in [-0.3, -0.25) is 0 Å². The van der Waals surface area contributed by atoms with Crippen LogP contribution in [-0.2, 0) is 10.0 Å². The largest absolute Gasteiger partial charge is 0.337 e. The number of rotatable bonds is 7. The summed E-state index contributed by atoms with van der Waals surface area (Å²) in [5, 5.41) is 2.54. The van der Waals surface area contributed by atoms with Crippen molar-refractivity contribution in [2.45, 2.75) is 37.5 Å². The number of amides is 2. The lowest BCUT2D eigenvalue weighted by Gasteiger charge is -2.08. The molecule has 0 radical (unpaired) electrons. The molecule has 0 spiro atoms. The number of urea groups is 1. The summed E-state index contributed by atoms with van der Waals surface area (Å²) in [4.78, 5) is 11.5. The average Bonchev–Trinajstić information content (AvgIpc) is 2.39. The van der Waals surface area contributed by atoms with E-state index in [-0.39, 0.29) is 4.90 Å². The van der Waals surface area contributed by atoms with Gasteiger partial charge in [-0.05, 0) is 18.6 Å². The summed E-state index contributed by atoms with van der Waals surface area (Å²) in [5.41, 5.74) is 0. The molecular weight excluding hydrogens is 264 g/mol. The average molecular weight is 284 g/mol. The molecule has 1 rings (SSSR count). The molecule has 0 aromatic heterocycles. The van der Waals surface area contributed by atoms with Gasteiger partial charge in [0.25, 0.3) is 10.0 Å². The van der Waals surface area contributed by atoms with Crippen LogP contribution in [0.1, 0.15) is 32.6 Å². The van der Waals surface area contributed by atoms with E-state index >= 15 is 0 Å². The first-order valence-electron chi connectivity index (χ1n) is 6.42. The third kappa shape index (κ3) is 5.74. The number of sulfonamides is 1. The van der Waals surface area contributed by atoms with Gasteiger partial charge in [0.15, 0.2) is 0 Å². The Morgan fingerprint density at radius 3 is 2.42 bits per heavy atom. The van der Waals surface area contributed by atoms with Gasteiger partial charge in [0.2, 0.25) is 0 Å². The Labute approximate surface area is 114 Å². The fourth-order valence-corrected chi connectivity index (χ4v) is 2.52. The first-order chi connectivity index (χ1) is 9.06. The molecule has 5 nitrogen and oxygen atoms in total. The lowest BCUT2D eigenvalue weighted by Crippen LogP contribution is -2.39. The highest BCUT2D eigenvalue weighted by Crippen LogP contribution is 2.06. The van der Waals surface area contributed by atoms with E-state index in [1.54, 1.807) is 18.2 Å².